The molecule has 1 aromatic heterocycles. The fourth-order valence-corrected chi connectivity index (χ4v) is 6.60. The average molecular weight is 688 g/mol. The first-order valence-corrected chi connectivity index (χ1v) is 18.3. The van der Waals surface area contributed by atoms with E-state index in [4.69, 9.17) is 15.2 Å². The zero-order chi connectivity index (χ0) is 34.9. The minimum Gasteiger partial charge on any atom is -0.391 e. The van der Waals surface area contributed by atoms with Gasteiger partial charge < -0.3 is 35.8 Å². The van der Waals surface area contributed by atoms with Crippen molar-refractivity contribution < 1.29 is 29.0 Å². The third-order valence-electron chi connectivity index (χ3n) is 8.54. The second kappa shape index (κ2) is 20.6. The molecule has 48 heavy (non-hydrogen) atoms. The van der Waals surface area contributed by atoms with E-state index in [1.165, 1.54) is 4.90 Å². The molecule has 3 rings (SSSR count). The van der Waals surface area contributed by atoms with Crippen LogP contribution < -0.4 is 16.4 Å². The van der Waals surface area contributed by atoms with Gasteiger partial charge in [-0.05, 0) is 36.3 Å². The van der Waals surface area contributed by atoms with E-state index in [1.807, 2.05) is 57.5 Å². The van der Waals surface area contributed by atoms with Crippen LogP contribution in [0.25, 0.3) is 10.4 Å². The summed E-state index contributed by atoms with van der Waals surface area (Å²) in [5.74, 6) is -0.834. The Labute approximate surface area is 290 Å². The molecule has 1 fully saturated rings. The van der Waals surface area contributed by atoms with Gasteiger partial charge in [0.15, 0.2) is 0 Å². The van der Waals surface area contributed by atoms with Crippen molar-refractivity contribution in [3.63, 3.8) is 0 Å². The molecule has 2 aromatic rings. The SMILES string of the molecule is Cc1ncsc1-c1ccc(CNC(=O)[C@@H]2C[C@H](O)CN2C(=O)[C@@H](NC(=O)CCCCCCCCCOCCOCCN)C(C)(C)C)cc1. The second-order valence-electron chi connectivity index (χ2n) is 13.7. The number of nitrogens with zero attached hydrogens (tertiary/aromatic N) is 2. The lowest BCUT2D eigenvalue weighted by Crippen LogP contribution is -2.57. The number of nitrogens with two attached hydrogens (primary N) is 1. The molecule has 1 aromatic carbocycles. The van der Waals surface area contributed by atoms with Crippen molar-refractivity contribution in [2.75, 3.05) is 39.5 Å². The molecule has 3 amide bonds. The van der Waals surface area contributed by atoms with Crippen LogP contribution in [-0.4, -0.2) is 90.4 Å². The average Bonchev–Trinajstić information content (AvgIpc) is 3.67. The molecule has 3 atom stereocenters. The van der Waals surface area contributed by atoms with Gasteiger partial charge in [0.25, 0.3) is 0 Å². The number of unbranched alkanes of at least 4 members (excludes halogenated alkanes) is 6. The summed E-state index contributed by atoms with van der Waals surface area (Å²) in [4.78, 5) is 47.0. The number of aryl methyl sites for hydroxylation is 1. The van der Waals surface area contributed by atoms with Crippen molar-refractivity contribution in [1.82, 2.24) is 20.5 Å². The normalized spacial score (nSPS) is 17.0. The lowest BCUT2D eigenvalue weighted by atomic mass is 9.85. The maximum atomic E-state index is 13.8. The number of hydrogen-bond donors (Lipinski definition) is 4. The monoisotopic (exact) mass is 687 g/mol. The van der Waals surface area contributed by atoms with E-state index >= 15 is 0 Å². The lowest BCUT2D eigenvalue weighted by molar-refractivity contribution is -0.144. The third kappa shape index (κ3) is 13.2. The molecule has 0 saturated carbocycles. The summed E-state index contributed by atoms with van der Waals surface area (Å²) in [7, 11) is 0. The molecule has 2 heterocycles. The van der Waals surface area contributed by atoms with Crippen LogP contribution in [0.3, 0.4) is 0 Å². The molecule has 1 saturated heterocycles. The van der Waals surface area contributed by atoms with Crippen molar-refractivity contribution in [2.45, 2.75) is 110 Å². The zero-order valence-corrected chi connectivity index (χ0v) is 30.1. The predicted octanol–water partition coefficient (Wildman–Crippen LogP) is 4.34. The third-order valence-corrected chi connectivity index (χ3v) is 9.52. The Morgan fingerprint density at radius 1 is 1.00 bits per heavy atom. The fraction of sp³-hybridized carbons (Fsp3) is 0.667. The number of likely N-dealkylation sites (tertiary alicyclic amines) is 1. The molecule has 0 bridgehead atoms. The summed E-state index contributed by atoms with van der Waals surface area (Å²) < 4.78 is 10.8. The highest BCUT2D eigenvalue weighted by Crippen LogP contribution is 2.28. The van der Waals surface area contributed by atoms with Gasteiger partial charge in [-0.3, -0.25) is 14.4 Å². The second-order valence-corrected chi connectivity index (χ2v) is 14.5. The van der Waals surface area contributed by atoms with Crippen LogP contribution in [0.4, 0.5) is 0 Å². The van der Waals surface area contributed by atoms with Gasteiger partial charge in [0, 0.05) is 39.1 Å². The number of nitrogens with one attached hydrogen (secondary N) is 2. The Morgan fingerprint density at radius 3 is 2.27 bits per heavy atom. The van der Waals surface area contributed by atoms with Crippen LogP contribution in [0.1, 0.15) is 89.8 Å². The first-order chi connectivity index (χ1) is 23.0. The number of β-amino-alcohol motifs (C(OH)–C–C–N with tert-alkyl or cyclic N) is 1. The molecule has 5 N–H and O–H groups in total. The summed E-state index contributed by atoms with van der Waals surface area (Å²) in [6, 6.07) is 6.33. The highest BCUT2D eigenvalue weighted by molar-refractivity contribution is 7.13. The standard InChI is InChI=1S/C36H57N5O6S/c1-26-32(48-25-39-26)28-15-13-27(14-16-28)23-38-34(44)30-22-29(42)24-41(30)35(45)33(36(2,3)4)40-31(43)12-10-8-6-5-7-9-11-18-46-20-21-47-19-17-37/h13-16,25,29-30,33,42H,5-12,17-24,37H2,1-4H3,(H,38,44)(H,40,43)/t29-,30-,33+/m0/s1. The number of carbonyl (C=O) groups is 3. The predicted molar refractivity (Wildman–Crippen MR) is 189 cm³/mol. The van der Waals surface area contributed by atoms with E-state index in [0.29, 0.717) is 39.3 Å². The first kappa shape index (κ1) is 39.5. The number of ether oxygens (including phenoxy) is 2. The zero-order valence-electron chi connectivity index (χ0n) is 29.3. The molecule has 1 aliphatic heterocycles. The largest absolute Gasteiger partial charge is 0.391 e. The Balaban J connectivity index is 1.40. The van der Waals surface area contributed by atoms with Gasteiger partial charge in [-0.15, -0.1) is 11.3 Å². The van der Waals surface area contributed by atoms with Crippen LogP contribution in [0.15, 0.2) is 29.8 Å². The van der Waals surface area contributed by atoms with Gasteiger partial charge in [-0.2, -0.15) is 0 Å². The summed E-state index contributed by atoms with van der Waals surface area (Å²) in [5.41, 5.74) is 9.61. The molecule has 1 aliphatic rings. The van der Waals surface area contributed by atoms with E-state index in [-0.39, 0.29) is 30.7 Å². The smallest absolute Gasteiger partial charge is 0.246 e. The number of amides is 3. The van der Waals surface area contributed by atoms with E-state index in [2.05, 4.69) is 15.6 Å². The van der Waals surface area contributed by atoms with Crippen molar-refractivity contribution in [3.8, 4) is 10.4 Å². The highest BCUT2D eigenvalue weighted by Gasteiger charge is 2.44. The fourth-order valence-electron chi connectivity index (χ4n) is 5.79. The van der Waals surface area contributed by atoms with Crippen molar-refractivity contribution >= 4 is 29.1 Å². The van der Waals surface area contributed by atoms with Crippen LogP contribution in [-0.2, 0) is 30.4 Å². The Bertz CT molecular complexity index is 1260. The van der Waals surface area contributed by atoms with Crippen molar-refractivity contribution in [2.24, 2.45) is 11.1 Å². The molecule has 268 valence electrons. The van der Waals surface area contributed by atoms with Gasteiger partial charge in [-0.1, -0.05) is 77.1 Å². The minimum absolute atomic E-state index is 0.0532. The van der Waals surface area contributed by atoms with Gasteiger partial charge in [-0.25, -0.2) is 4.98 Å². The van der Waals surface area contributed by atoms with Gasteiger partial charge in [0.1, 0.15) is 12.1 Å². The van der Waals surface area contributed by atoms with Crippen molar-refractivity contribution in [3.05, 3.63) is 41.0 Å². The van der Waals surface area contributed by atoms with Crippen LogP contribution in [0.2, 0.25) is 0 Å². The maximum Gasteiger partial charge on any atom is 0.246 e. The number of aliphatic hydroxyl groups is 1. The lowest BCUT2D eigenvalue weighted by Gasteiger charge is -2.35. The molecular formula is C36H57N5O6S. The number of thiazole rings is 1. The van der Waals surface area contributed by atoms with Gasteiger partial charge in [0.2, 0.25) is 17.7 Å². The molecule has 0 aliphatic carbocycles. The van der Waals surface area contributed by atoms with E-state index < -0.39 is 23.6 Å². The summed E-state index contributed by atoms with van der Waals surface area (Å²) in [6.45, 7) is 11.0. The van der Waals surface area contributed by atoms with Crippen LogP contribution in [0.5, 0.6) is 0 Å². The number of hydrogen-bond acceptors (Lipinski definition) is 9. The topological polar surface area (TPSA) is 156 Å². The maximum absolute atomic E-state index is 13.8. The molecule has 0 unspecified atom stereocenters. The Hall–Kier alpha value is -2.90. The molecular weight excluding hydrogens is 630 g/mol. The van der Waals surface area contributed by atoms with Crippen LogP contribution in [0, 0.1) is 12.3 Å². The van der Waals surface area contributed by atoms with E-state index in [9.17, 15) is 19.5 Å². The van der Waals surface area contributed by atoms with Crippen molar-refractivity contribution in [1.29, 1.82) is 0 Å². The minimum atomic E-state index is -0.817. The van der Waals surface area contributed by atoms with Crippen LogP contribution >= 0.6 is 11.3 Å². The van der Waals surface area contributed by atoms with E-state index in [0.717, 1.165) is 73.3 Å². The summed E-state index contributed by atoms with van der Waals surface area (Å²) in [5, 5.41) is 16.4. The Morgan fingerprint density at radius 2 is 1.65 bits per heavy atom. The first-order valence-electron chi connectivity index (χ1n) is 17.4. The molecule has 12 heteroatoms. The number of aliphatic hydroxyl groups excluding tert-OH is 1. The Kier molecular flexibility index (Phi) is 16.9. The van der Waals surface area contributed by atoms with E-state index in [1.54, 1.807) is 11.3 Å². The number of rotatable bonds is 21. The highest BCUT2D eigenvalue weighted by atomic mass is 32.1. The number of carbonyl (C=O) groups excluding carboxylic acids is 3. The number of aromatic nitrogens is 1. The summed E-state index contributed by atoms with van der Waals surface area (Å²) in [6.07, 6.45) is 6.84. The van der Waals surface area contributed by atoms with Gasteiger partial charge in [0.05, 0.1) is 42.0 Å². The molecule has 11 nitrogen and oxygen atoms in total. The molecule has 0 radical (unpaired) electrons. The number of benzene rings is 1. The quantitative estimate of drug-likeness (QED) is 0.141. The summed E-state index contributed by atoms with van der Waals surface area (Å²) >= 11 is 1.59. The molecule has 0 spiro atoms. The van der Waals surface area contributed by atoms with Gasteiger partial charge >= 0.3 is 0 Å².